The van der Waals surface area contributed by atoms with Gasteiger partial charge in [0.15, 0.2) is 0 Å². The molecule has 2 heterocycles. The van der Waals surface area contributed by atoms with Crippen molar-refractivity contribution in [2.45, 2.75) is 46.2 Å². The van der Waals surface area contributed by atoms with E-state index >= 15 is 0 Å². The van der Waals surface area contributed by atoms with Crippen LogP contribution in [-0.4, -0.2) is 74.5 Å². The van der Waals surface area contributed by atoms with Crippen LogP contribution in [0.2, 0.25) is 0 Å². The lowest BCUT2D eigenvalue weighted by Gasteiger charge is -2.39. The van der Waals surface area contributed by atoms with Gasteiger partial charge in [0.2, 0.25) is 5.91 Å². The SMILES string of the molecule is CCOC(=O)c1c(C)ccn1CCN1CC[C@@H](c2cccc(OCCOC)c2)C(COc2ccc(CNC(C)=O)cc2)C1. The van der Waals surface area contributed by atoms with Crippen molar-refractivity contribution >= 4 is 11.9 Å². The number of piperidine rings is 1. The van der Waals surface area contributed by atoms with Crippen molar-refractivity contribution in [1.82, 2.24) is 14.8 Å². The number of benzene rings is 2. The summed E-state index contributed by atoms with van der Waals surface area (Å²) >= 11 is 0. The van der Waals surface area contributed by atoms with E-state index in [4.69, 9.17) is 18.9 Å². The lowest BCUT2D eigenvalue weighted by molar-refractivity contribution is -0.119. The van der Waals surface area contributed by atoms with Gasteiger partial charge in [-0.2, -0.15) is 0 Å². The number of rotatable bonds is 15. The molecule has 1 aromatic heterocycles. The predicted molar refractivity (Wildman–Crippen MR) is 166 cm³/mol. The molecule has 0 saturated carbocycles. The van der Waals surface area contributed by atoms with Crippen molar-refractivity contribution < 1.29 is 28.5 Å². The van der Waals surface area contributed by atoms with Crippen molar-refractivity contribution in [2.75, 3.05) is 53.2 Å². The largest absolute Gasteiger partial charge is 0.493 e. The predicted octanol–water partition coefficient (Wildman–Crippen LogP) is 4.82. The molecule has 2 atom stereocenters. The number of aromatic nitrogens is 1. The Balaban J connectivity index is 1.45. The number of ether oxygens (including phenoxy) is 4. The van der Waals surface area contributed by atoms with Gasteiger partial charge in [0.05, 0.1) is 19.8 Å². The number of hydrogen-bond acceptors (Lipinski definition) is 7. The molecule has 2 aromatic carbocycles. The number of esters is 1. The molecule has 43 heavy (non-hydrogen) atoms. The van der Waals surface area contributed by atoms with Gasteiger partial charge >= 0.3 is 5.97 Å². The quantitative estimate of drug-likeness (QED) is 0.200. The van der Waals surface area contributed by atoms with E-state index in [1.54, 1.807) is 7.11 Å². The Kier molecular flexibility index (Phi) is 12.1. The Morgan fingerprint density at radius 2 is 1.81 bits per heavy atom. The number of carbonyl (C=O) groups excluding carboxylic acids is 2. The highest BCUT2D eigenvalue weighted by molar-refractivity contribution is 5.89. The number of aryl methyl sites for hydroxylation is 1. The van der Waals surface area contributed by atoms with Crippen LogP contribution in [0.5, 0.6) is 11.5 Å². The zero-order chi connectivity index (χ0) is 30.6. The number of likely N-dealkylation sites (tertiary alicyclic amines) is 1. The van der Waals surface area contributed by atoms with E-state index in [0.29, 0.717) is 51.1 Å². The molecule has 3 aromatic rings. The summed E-state index contributed by atoms with van der Waals surface area (Å²) in [7, 11) is 1.67. The summed E-state index contributed by atoms with van der Waals surface area (Å²) < 4.78 is 24.7. The molecule has 0 spiro atoms. The molecule has 9 nitrogen and oxygen atoms in total. The first-order valence-electron chi connectivity index (χ1n) is 15.1. The number of hydrogen-bond donors (Lipinski definition) is 1. The third-order valence-corrected chi connectivity index (χ3v) is 7.88. The monoisotopic (exact) mass is 591 g/mol. The molecule has 1 saturated heterocycles. The number of nitrogens with one attached hydrogen (secondary N) is 1. The van der Waals surface area contributed by atoms with Crippen LogP contribution in [0.25, 0.3) is 0 Å². The summed E-state index contributed by atoms with van der Waals surface area (Å²) in [6.45, 7) is 11.1. The van der Waals surface area contributed by atoms with Gasteiger partial charge in [-0.25, -0.2) is 4.79 Å². The fourth-order valence-electron chi connectivity index (χ4n) is 5.62. The molecule has 1 amide bonds. The number of nitrogens with zero attached hydrogens (tertiary/aromatic N) is 2. The summed E-state index contributed by atoms with van der Waals surface area (Å²) in [5.74, 6) is 1.89. The van der Waals surface area contributed by atoms with Crippen molar-refractivity contribution in [3.8, 4) is 11.5 Å². The minimum Gasteiger partial charge on any atom is -0.493 e. The fraction of sp³-hybridized carbons (Fsp3) is 0.471. The zero-order valence-corrected chi connectivity index (χ0v) is 25.8. The normalized spacial score (nSPS) is 16.9. The van der Waals surface area contributed by atoms with Gasteiger partial charge in [-0.3, -0.25) is 4.79 Å². The maximum Gasteiger partial charge on any atom is 0.355 e. The van der Waals surface area contributed by atoms with E-state index in [9.17, 15) is 9.59 Å². The molecule has 9 heteroatoms. The molecule has 1 fully saturated rings. The molecule has 0 aliphatic carbocycles. The zero-order valence-electron chi connectivity index (χ0n) is 25.8. The molecule has 1 aliphatic heterocycles. The number of methoxy groups -OCH3 is 1. The molecule has 232 valence electrons. The smallest absolute Gasteiger partial charge is 0.355 e. The summed E-state index contributed by atoms with van der Waals surface area (Å²) in [4.78, 5) is 26.3. The standard InChI is InChI=1S/C34H45N3O6/c1-5-41-34(39)33-25(2)13-16-37(33)18-17-36-15-14-32(28-7-6-8-31(21-28)42-20-19-40-4)29(23-36)24-43-30-11-9-27(10-12-30)22-35-26(3)38/h6-13,16,21,29,32H,5,14-15,17-20,22-24H2,1-4H3,(H,35,38)/t29?,32-/m0/s1. The lowest BCUT2D eigenvalue weighted by atomic mass is 9.80. The van der Waals surface area contributed by atoms with E-state index in [1.807, 2.05) is 61.0 Å². The Morgan fingerprint density at radius 1 is 1.00 bits per heavy atom. The molecule has 0 radical (unpaired) electrons. The average Bonchev–Trinajstić information content (AvgIpc) is 3.39. The summed E-state index contributed by atoms with van der Waals surface area (Å²) in [5, 5.41) is 2.83. The van der Waals surface area contributed by atoms with E-state index in [1.165, 1.54) is 12.5 Å². The van der Waals surface area contributed by atoms with Crippen molar-refractivity contribution in [2.24, 2.45) is 5.92 Å². The highest BCUT2D eigenvalue weighted by atomic mass is 16.5. The molecule has 1 unspecified atom stereocenters. The van der Waals surface area contributed by atoms with Gasteiger partial charge in [0.25, 0.3) is 0 Å². The minimum absolute atomic E-state index is 0.0505. The van der Waals surface area contributed by atoms with Crippen LogP contribution in [-0.2, 0) is 27.4 Å². The molecule has 1 aliphatic rings. The van der Waals surface area contributed by atoms with Gasteiger partial charge in [-0.05, 0) is 79.8 Å². The van der Waals surface area contributed by atoms with Crippen LogP contribution in [0.1, 0.15) is 53.4 Å². The highest BCUT2D eigenvalue weighted by Gasteiger charge is 2.31. The second-order valence-corrected chi connectivity index (χ2v) is 11.0. The van der Waals surface area contributed by atoms with E-state index in [0.717, 1.165) is 48.7 Å². The van der Waals surface area contributed by atoms with Crippen LogP contribution in [0.3, 0.4) is 0 Å². The molecule has 1 N–H and O–H groups in total. The number of carbonyl (C=O) groups is 2. The van der Waals surface area contributed by atoms with E-state index in [-0.39, 0.29) is 17.8 Å². The third kappa shape index (κ3) is 9.33. The molecular formula is C34H45N3O6. The van der Waals surface area contributed by atoms with Crippen LogP contribution >= 0.6 is 0 Å². The van der Waals surface area contributed by atoms with Crippen LogP contribution < -0.4 is 14.8 Å². The van der Waals surface area contributed by atoms with E-state index in [2.05, 4.69) is 28.4 Å². The highest BCUT2D eigenvalue weighted by Crippen LogP contribution is 2.35. The van der Waals surface area contributed by atoms with Gasteiger partial charge in [-0.1, -0.05) is 24.3 Å². The topological polar surface area (TPSA) is 91.3 Å². The maximum absolute atomic E-state index is 12.6. The third-order valence-electron chi connectivity index (χ3n) is 7.88. The summed E-state index contributed by atoms with van der Waals surface area (Å²) in [5.41, 5.74) is 3.83. The van der Waals surface area contributed by atoms with E-state index < -0.39 is 0 Å². The van der Waals surface area contributed by atoms with Crippen molar-refractivity contribution in [3.05, 3.63) is 83.2 Å². The second kappa shape index (κ2) is 16.1. The Hall–Kier alpha value is -3.82. The summed E-state index contributed by atoms with van der Waals surface area (Å²) in [6.07, 6.45) is 2.96. The van der Waals surface area contributed by atoms with Crippen LogP contribution in [0, 0.1) is 12.8 Å². The van der Waals surface area contributed by atoms with Crippen molar-refractivity contribution in [3.63, 3.8) is 0 Å². The Labute approximate surface area is 255 Å². The Bertz CT molecular complexity index is 1320. The Morgan fingerprint density at radius 3 is 2.56 bits per heavy atom. The first-order chi connectivity index (χ1) is 20.9. The van der Waals surface area contributed by atoms with Crippen molar-refractivity contribution in [1.29, 1.82) is 0 Å². The van der Waals surface area contributed by atoms with Crippen LogP contribution in [0.4, 0.5) is 0 Å². The first kappa shape index (κ1) is 32.1. The average molecular weight is 592 g/mol. The first-order valence-corrected chi connectivity index (χ1v) is 15.1. The molecule has 4 rings (SSSR count). The van der Waals surface area contributed by atoms with Crippen LogP contribution in [0.15, 0.2) is 60.8 Å². The molecule has 0 bridgehead atoms. The van der Waals surface area contributed by atoms with Gasteiger partial charge in [0, 0.05) is 52.3 Å². The maximum atomic E-state index is 12.6. The lowest BCUT2D eigenvalue weighted by Crippen LogP contribution is -2.43. The van der Waals surface area contributed by atoms with Gasteiger partial charge in [0.1, 0.15) is 23.8 Å². The fourth-order valence-corrected chi connectivity index (χ4v) is 5.62. The molecular weight excluding hydrogens is 546 g/mol. The van der Waals surface area contributed by atoms with Gasteiger partial charge < -0.3 is 33.7 Å². The minimum atomic E-state index is -0.273. The van der Waals surface area contributed by atoms with Gasteiger partial charge in [-0.15, -0.1) is 0 Å². The second-order valence-electron chi connectivity index (χ2n) is 11.0. The summed E-state index contributed by atoms with van der Waals surface area (Å²) in [6, 6.07) is 18.2. The number of amides is 1.